The lowest BCUT2D eigenvalue weighted by molar-refractivity contribution is -0.127. The van der Waals surface area contributed by atoms with Crippen molar-refractivity contribution in [1.29, 1.82) is 0 Å². The van der Waals surface area contributed by atoms with Gasteiger partial charge in [0.2, 0.25) is 0 Å². The lowest BCUT2D eigenvalue weighted by atomic mass is 10.1. The second kappa shape index (κ2) is 3.89. The number of hydrogen-bond acceptors (Lipinski definition) is 3. The summed E-state index contributed by atoms with van der Waals surface area (Å²) >= 11 is 0. The summed E-state index contributed by atoms with van der Waals surface area (Å²) in [6.45, 7) is 7.59. The van der Waals surface area contributed by atoms with Crippen LogP contribution in [0.1, 0.15) is 19.5 Å². The van der Waals surface area contributed by atoms with Crippen LogP contribution in [0.25, 0.3) is 0 Å². The Morgan fingerprint density at radius 2 is 2.12 bits per heavy atom. The first-order valence-electron chi connectivity index (χ1n) is 5.14. The Hall–Kier alpha value is -1.97. The van der Waals surface area contributed by atoms with Gasteiger partial charge in [0.1, 0.15) is 5.71 Å². The van der Waals surface area contributed by atoms with Gasteiger partial charge >= 0.3 is 0 Å². The lowest BCUT2D eigenvalue weighted by Crippen LogP contribution is -2.28. The molecule has 16 heavy (non-hydrogen) atoms. The number of pyridine rings is 1. The summed E-state index contributed by atoms with van der Waals surface area (Å²) in [5.41, 5.74) is 1.66. The molecule has 0 atom stereocenters. The summed E-state index contributed by atoms with van der Waals surface area (Å²) in [4.78, 5) is 16.0. The molecule has 4 nitrogen and oxygen atoms in total. The number of hydrogen-bond donors (Lipinski definition) is 0. The molecule has 1 aromatic heterocycles. The van der Waals surface area contributed by atoms with Crippen molar-refractivity contribution in [3.8, 4) is 0 Å². The quantitative estimate of drug-likeness (QED) is 0.703. The van der Waals surface area contributed by atoms with E-state index in [0.29, 0.717) is 17.0 Å². The molecule has 0 N–H and O–H groups in total. The molecule has 82 valence electrons. The smallest absolute Gasteiger partial charge is 0.267 e. The van der Waals surface area contributed by atoms with Crippen LogP contribution in [-0.4, -0.2) is 27.7 Å². The van der Waals surface area contributed by atoms with Crippen molar-refractivity contribution in [3.63, 3.8) is 0 Å². The monoisotopic (exact) mass is 215 g/mol. The van der Waals surface area contributed by atoms with Crippen molar-refractivity contribution in [2.75, 3.05) is 0 Å². The Balaban J connectivity index is 2.40. The number of aromatic nitrogens is 1. The van der Waals surface area contributed by atoms with Gasteiger partial charge in [-0.2, -0.15) is 5.10 Å². The first-order valence-corrected chi connectivity index (χ1v) is 5.14. The normalized spacial score (nSPS) is 15.9. The van der Waals surface area contributed by atoms with Crippen LogP contribution in [0, 0.1) is 0 Å². The number of rotatable bonds is 2. The van der Waals surface area contributed by atoms with Crippen LogP contribution >= 0.6 is 0 Å². The zero-order chi connectivity index (χ0) is 11.7. The summed E-state index contributed by atoms with van der Waals surface area (Å²) in [7, 11) is 0. The minimum atomic E-state index is -0.143. The molecule has 0 spiro atoms. The zero-order valence-electron chi connectivity index (χ0n) is 9.34. The Morgan fingerprint density at radius 1 is 1.38 bits per heavy atom. The van der Waals surface area contributed by atoms with Crippen molar-refractivity contribution in [1.82, 2.24) is 9.99 Å². The van der Waals surface area contributed by atoms with Gasteiger partial charge in [-0.1, -0.05) is 12.6 Å². The Labute approximate surface area is 94.3 Å². The van der Waals surface area contributed by atoms with Gasteiger partial charge in [0.05, 0.1) is 17.3 Å². The summed E-state index contributed by atoms with van der Waals surface area (Å²) in [5.74, 6) is -0.143. The molecule has 0 aromatic carbocycles. The third-order valence-electron chi connectivity index (χ3n) is 2.36. The van der Waals surface area contributed by atoms with E-state index in [4.69, 9.17) is 0 Å². The fourth-order valence-corrected chi connectivity index (χ4v) is 1.51. The molecule has 0 unspecified atom stereocenters. The molecule has 1 aliphatic heterocycles. The van der Waals surface area contributed by atoms with E-state index in [1.165, 1.54) is 5.01 Å². The van der Waals surface area contributed by atoms with Gasteiger partial charge in [-0.05, 0) is 26.0 Å². The average molecular weight is 215 g/mol. The maximum atomic E-state index is 11.8. The molecule has 1 aliphatic rings. The van der Waals surface area contributed by atoms with Crippen LogP contribution < -0.4 is 0 Å². The lowest BCUT2D eigenvalue weighted by Gasteiger charge is -2.14. The van der Waals surface area contributed by atoms with Crippen molar-refractivity contribution >= 4 is 11.6 Å². The van der Waals surface area contributed by atoms with Crippen LogP contribution in [0.2, 0.25) is 0 Å². The first kappa shape index (κ1) is 10.5. The molecular formula is C12H13N3O. The summed E-state index contributed by atoms with van der Waals surface area (Å²) in [5, 5.41) is 5.70. The first-order chi connectivity index (χ1) is 7.61. The Morgan fingerprint density at radius 3 is 2.62 bits per heavy atom. The van der Waals surface area contributed by atoms with Crippen LogP contribution in [0.5, 0.6) is 0 Å². The van der Waals surface area contributed by atoms with E-state index in [0.717, 1.165) is 0 Å². The summed E-state index contributed by atoms with van der Waals surface area (Å²) < 4.78 is 0. The summed E-state index contributed by atoms with van der Waals surface area (Å²) in [6.07, 6.45) is 1.67. The summed E-state index contributed by atoms with van der Waals surface area (Å²) in [6, 6.07) is 5.54. The highest BCUT2D eigenvalue weighted by molar-refractivity contribution is 6.29. The second-order valence-corrected chi connectivity index (χ2v) is 3.89. The number of carbonyl (C=O) groups is 1. The molecule has 0 saturated heterocycles. The number of nitrogens with zero attached hydrogens (tertiary/aromatic N) is 3. The Kier molecular flexibility index (Phi) is 2.56. The topological polar surface area (TPSA) is 45.6 Å². The van der Waals surface area contributed by atoms with Crippen LogP contribution in [-0.2, 0) is 4.79 Å². The predicted molar refractivity (Wildman–Crippen MR) is 61.9 cm³/mol. The van der Waals surface area contributed by atoms with E-state index in [-0.39, 0.29) is 11.9 Å². The molecule has 2 rings (SSSR count). The van der Waals surface area contributed by atoms with Crippen molar-refractivity contribution in [2.24, 2.45) is 5.10 Å². The second-order valence-electron chi connectivity index (χ2n) is 3.89. The van der Waals surface area contributed by atoms with E-state index in [2.05, 4.69) is 16.7 Å². The SMILES string of the molecule is C=C1C(=O)N(C(C)C)N=C1c1ccccn1. The number of hydrazone groups is 1. The van der Waals surface area contributed by atoms with E-state index < -0.39 is 0 Å². The van der Waals surface area contributed by atoms with Crippen molar-refractivity contribution in [2.45, 2.75) is 19.9 Å². The van der Waals surface area contributed by atoms with Crippen LogP contribution in [0.15, 0.2) is 41.6 Å². The molecule has 1 aromatic rings. The van der Waals surface area contributed by atoms with Gasteiger partial charge in [0.25, 0.3) is 5.91 Å². The maximum Gasteiger partial charge on any atom is 0.275 e. The van der Waals surface area contributed by atoms with Crippen molar-refractivity contribution < 1.29 is 4.79 Å². The van der Waals surface area contributed by atoms with Gasteiger partial charge in [-0.3, -0.25) is 9.78 Å². The molecule has 4 heteroatoms. The molecule has 2 heterocycles. The standard InChI is InChI=1S/C12H13N3O/c1-8(2)15-12(16)9(3)11(14-15)10-6-4-5-7-13-10/h4-8H,3H2,1-2H3. The van der Waals surface area contributed by atoms with E-state index in [1.807, 2.05) is 32.0 Å². The fraction of sp³-hybridized carbons (Fsp3) is 0.250. The highest BCUT2D eigenvalue weighted by Crippen LogP contribution is 2.19. The van der Waals surface area contributed by atoms with Gasteiger partial charge in [0.15, 0.2) is 0 Å². The third kappa shape index (κ3) is 1.62. The van der Waals surface area contributed by atoms with Gasteiger partial charge < -0.3 is 0 Å². The molecule has 0 bridgehead atoms. The van der Waals surface area contributed by atoms with Gasteiger partial charge in [0, 0.05) is 6.20 Å². The van der Waals surface area contributed by atoms with E-state index in [9.17, 15) is 4.79 Å². The average Bonchev–Trinajstić information content (AvgIpc) is 2.58. The molecule has 0 saturated carbocycles. The molecular weight excluding hydrogens is 202 g/mol. The minimum absolute atomic E-state index is 0.0328. The van der Waals surface area contributed by atoms with E-state index in [1.54, 1.807) is 6.20 Å². The number of amides is 1. The van der Waals surface area contributed by atoms with Crippen molar-refractivity contribution in [3.05, 3.63) is 42.2 Å². The highest BCUT2D eigenvalue weighted by atomic mass is 16.2. The minimum Gasteiger partial charge on any atom is -0.267 e. The third-order valence-corrected chi connectivity index (χ3v) is 2.36. The van der Waals surface area contributed by atoms with Gasteiger partial charge in [-0.15, -0.1) is 0 Å². The predicted octanol–water partition coefficient (Wildman–Crippen LogP) is 1.59. The van der Waals surface area contributed by atoms with Crippen LogP contribution in [0.3, 0.4) is 0 Å². The molecule has 1 amide bonds. The molecule has 0 aliphatic carbocycles. The highest BCUT2D eigenvalue weighted by Gasteiger charge is 2.31. The fourth-order valence-electron chi connectivity index (χ4n) is 1.51. The Bertz CT molecular complexity index is 462. The largest absolute Gasteiger partial charge is 0.275 e. The maximum absolute atomic E-state index is 11.8. The molecule has 0 fully saturated rings. The van der Waals surface area contributed by atoms with Crippen LogP contribution in [0.4, 0.5) is 0 Å². The molecule has 0 radical (unpaired) electrons. The number of carbonyl (C=O) groups excluding carboxylic acids is 1. The zero-order valence-corrected chi connectivity index (χ0v) is 9.34. The van der Waals surface area contributed by atoms with Gasteiger partial charge in [-0.25, -0.2) is 5.01 Å². The van der Waals surface area contributed by atoms with E-state index >= 15 is 0 Å².